The predicted molar refractivity (Wildman–Crippen MR) is 128 cm³/mol. The van der Waals surface area contributed by atoms with Gasteiger partial charge in [-0.2, -0.15) is 18.3 Å². The molecule has 1 N–H and O–H groups in total. The van der Waals surface area contributed by atoms with Gasteiger partial charge in [0.15, 0.2) is 5.69 Å². The number of alkyl halides is 3. The van der Waals surface area contributed by atoms with Crippen LogP contribution in [0.1, 0.15) is 48.7 Å². The van der Waals surface area contributed by atoms with E-state index in [-0.39, 0.29) is 39.2 Å². The second-order valence-corrected chi connectivity index (χ2v) is 9.62. The Morgan fingerprint density at radius 2 is 1.75 bits per heavy atom. The van der Waals surface area contributed by atoms with Crippen molar-refractivity contribution in [3.63, 3.8) is 0 Å². The fourth-order valence-corrected chi connectivity index (χ4v) is 5.18. The van der Waals surface area contributed by atoms with Crippen LogP contribution in [0.4, 0.5) is 23.4 Å². The van der Waals surface area contributed by atoms with Crippen molar-refractivity contribution < 1.29 is 22.4 Å². The molecule has 3 aromatic rings. The SMILES string of the molecule is CC1=C(C(=O)N2CCC[C@H]2c2ccc(F)cc2)[C@H](c2ccc(Cl)c(Cl)c2)n2nc(C(F)(F)F)cc2N1. The van der Waals surface area contributed by atoms with Crippen molar-refractivity contribution in [2.75, 3.05) is 11.9 Å². The van der Waals surface area contributed by atoms with E-state index in [2.05, 4.69) is 10.4 Å². The van der Waals surface area contributed by atoms with Crippen molar-refractivity contribution in [3.05, 3.63) is 92.5 Å². The standard InChI is InChI=1S/C25H20Cl2F4N4O/c1-13-22(24(36)34-10-2-3-19(34)14-4-7-16(28)8-5-14)23(15-6-9-17(26)18(27)11-15)35-21(32-13)12-20(33-35)25(29,30)31/h4-9,11-12,19,23,32H,2-3,10H2,1H3/t19-,23-/m0/s1. The quantitative estimate of drug-likeness (QED) is 0.365. The largest absolute Gasteiger partial charge is 0.435 e. The zero-order valence-corrected chi connectivity index (χ0v) is 20.4. The van der Waals surface area contributed by atoms with Gasteiger partial charge >= 0.3 is 6.18 Å². The first kappa shape index (κ1) is 24.6. The normalized spacial score (nSPS) is 19.9. The van der Waals surface area contributed by atoms with E-state index in [1.807, 2.05) is 0 Å². The van der Waals surface area contributed by atoms with E-state index < -0.39 is 17.9 Å². The molecule has 0 bridgehead atoms. The molecule has 5 nitrogen and oxygen atoms in total. The fourth-order valence-electron chi connectivity index (χ4n) is 4.87. The molecule has 1 aromatic heterocycles. The number of hydrogen-bond acceptors (Lipinski definition) is 3. The summed E-state index contributed by atoms with van der Waals surface area (Å²) < 4.78 is 55.2. The zero-order valence-electron chi connectivity index (χ0n) is 18.9. The Morgan fingerprint density at radius 1 is 1.06 bits per heavy atom. The number of halogens is 6. The molecule has 0 saturated carbocycles. The van der Waals surface area contributed by atoms with Gasteiger partial charge in [0.2, 0.25) is 0 Å². The number of aromatic nitrogens is 2. The first-order valence-corrected chi connectivity index (χ1v) is 12.0. The van der Waals surface area contributed by atoms with Crippen LogP contribution in [0.3, 0.4) is 0 Å². The third-order valence-corrected chi connectivity index (χ3v) is 7.26. The molecule has 2 aliphatic rings. The first-order chi connectivity index (χ1) is 17.0. The van der Waals surface area contributed by atoms with Gasteiger partial charge < -0.3 is 10.2 Å². The van der Waals surface area contributed by atoms with Crippen molar-refractivity contribution in [3.8, 4) is 0 Å². The van der Waals surface area contributed by atoms with Gasteiger partial charge in [0.25, 0.3) is 5.91 Å². The first-order valence-electron chi connectivity index (χ1n) is 11.2. The molecule has 0 aliphatic carbocycles. The predicted octanol–water partition coefficient (Wildman–Crippen LogP) is 7.00. The van der Waals surface area contributed by atoms with Crippen LogP contribution < -0.4 is 5.32 Å². The van der Waals surface area contributed by atoms with Crippen LogP contribution in [0.5, 0.6) is 0 Å². The number of allylic oxidation sites excluding steroid dienone is 1. The molecule has 2 atom stereocenters. The molecule has 0 unspecified atom stereocenters. The number of nitrogens with zero attached hydrogens (tertiary/aromatic N) is 3. The average molecular weight is 539 g/mol. The number of rotatable bonds is 3. The maximum absolute atomic E-state index is 14.0. The maximum Gasteiger partial charge on any atom is 0.435 e. The highest BCUT2D eigenvalue weighted by molar-refractivity contribution is 6.42. The highest BCUT2D eigenvalue weighted by Crippen LogP contribution is 2.43. The second-order valence-electron chi connectivity index (χ2n) is 8.81. The van der Waals surface area contributed by atoms with Gasteiger partial charge in [-0.3, -0.25) is 4.79 Å². The minimum Gasteiger partial charge on any atom is -0.344 e. The third-order valence-electron chi connectivity index (χ3n) is 6.52. The van der Waals surface area contributed by atoms with E-state index in [1.165, 1.54) is 24.3 Å². The summed E-state index contributed by atoms with van der Waals surface area (Å²) in [5, 5.41) is 7.21. The van der Waals surface area contributed by atoms with E-state index in [4.69, 9.17) is 23.2 Å². The molecule has 1 saturated heterocycles. The van der Waals surface area contributed by atoms with Gasteiger partial charge in [-0.05, 0) is 55.2 Å². The lowest BCUT2D eigenvalue weighted by molar-refractivity contribution is -0.141. The maximum atomic E-state index is 14.0. The molecular weight excluding hydrogens is 519 g/mol. The third kappa shape index (κ3) is 4.35. The van der Waals surface area contributed by atoms with Crippen molar-refractivity contribution >= 4 is 34.9 Å². The molecule has 5 rings (SSSR count). The van der Waals surface area contributed by atoms with E-state index in [0.717, 1.165) is 22.7 Å². The minimum absolute atomic E-state index is 0.101. The number of anilines is 1. The van der Waals surface area contributed by atoms with Crippen LogP contribution in [0.25, 0.3) is 0 Å². The van der Waals surface area contributed by atoms with Crippen LogP contribution in [0.15, 0.2) is 59.8 Å². The van der Waals surface area contributed by atoms with Gasteiger partial charge in [0, 0.05) is 18.3 Å². The van der Waals surface area contributed by atoms with Crippen LogP contribution in [-0.4, -0.2) is 27.1 Å². The Hall–Kier alpha value is -3.04. The van der Waals surface area contributed by atoms with Crippen molar-refractivity contribution in [1.29, 1.82) is 0 Å². The second kappa shape index (κ2) is 9.12. The van der Waals surface area contributed by atoms with Crippen molar-refractivity contribution in [2.24, 2.45) is 0 Å². The number of amides is 1. The number of fused-ring (bicyclic) bond motifs is 1. The highest BCUT2D eigenvalue weighted by Gasteiger charge is 2.42. The topological polar surface area (TPSA) is 50.2 Å². The Bertz CT molecular complexity index is 1370. The van der Waals surface area contributed by atoms with E-state index in [9.17, 15) is 22.4 Å². The number of carbonyl (C=O) groups is 1. The molecule has 188 valence electrons. The summed E-state index contributed by atoms with van der Waals surface area (Å²) in [5.41, 5.74) is 0.814. The lowest BCUT2D eigenvalue weighted by atomic mass is 9.93. The number of likely N-dealkylation sites (tertiary alicyclic amines) is 1. The Morgan fingerprint density at radius 3 is 2.42 bits per heavy atom. The minimum atomic E-state index is -4.67. The van der Waals surface area contributed by atoms with Gasteiger partial charge in [-0.15, -0.1) is 0 Å². The van der Waals surface area contributed by atoms with Gasteiger partial charge in [0.05, 0.1) is 21.7 Å². The number of hydrogen-bond donors (Lipinski definition) is 1. The van der Waals surface area contributed by atoms with Crippen molar-refractivity contribution in [1.82, 2.24) is 14.7 Å². The molecule has 3 heterocycles. The monoisotopic (exact) mass is 538 g/mol. The smallest absolute Gasteiger partial charge is 0.344 e. The zero-order chi connectivity index (χ0) is 25.8. The van der Waals surface area contributed by atoms with Crippen LogP contribution in [0.2, 0.25) is 10.0 Å². The summed E-state index contributed by atoms with van der Waals surface area (Å²) in [6.07, 6.45) is -3.26. The van der Waals surface area contributed by atoms with E-state index in [1.54, 1.807) is 30.0 Å². The Kier molecular flexibility index (Phi) is 6.24. The van der Waals surface area contributed by atoms with Gasteiger partial charge in [0.1, 0.15) is 17.7 Å². The summed E-state index contributed by atoms with van der Waals surface area (Å²) in [6.45, 7) is 2.09. The van der Waals surface area contributed by atoms with Crippen molar-refractivity contribution in [2.45, 2.75) is 38.0 Å². The van der Waals surface area contributed by atoms with Gasteiger partial charge in [-0.25, -0.2) is 9.07 Å². The molecule has 11 heteroatoms. The lowest BCUT2D eigenvalue weighted by Crippen LogP contribution is -2.38. The molecule has 0 radical (unpaired) electrons. The summed E-state index contributed by atoms with van der Waals surface area (Å²) in [7, 11) is 0. The lowest BCUT2D eigenvalue weighted by Gasteiger charge is -2.34. The molecule has 0 spiro atoms. The van der Waals surface area contributed by atoms with Crippen LogP contribution >= 0.6 is 23.2 Å². The van der Waals surface area contributed by atoms with E-state index >= 15 is 0 Å². The summed E-state index contributed by atoms with van der Waals surface area (Å²) in [5.74, 6) is -0.627. The number of carbonyl (C=O) groups excluding carboxylic acids is 1. The number of benzene rings is 2. The van der Waals surface area contributed by atoms with Gasteiger partial charge in [-0.1, -0.05) is 41.4 Å². The van der Waals surface area contributed by atoms with E-state index in [0.29, 0.717) is 24.2 Å². The summed E-state index contributed by atoms with van der Waals surface area (Å²) >= 11 is 12.3. The van der Waals surface area contributed by atoms with Crippen LogP contribution in [0, 0.1) is 5.82 Å². The molecular formula is C25H20Cl2F4N4O. The summed E-state index contributed by atoms with van der Waals surface area (Å²) in [6, 6.07) is 10.3. The molecule has 2 aromatic carbocycles. The number of nitrogens with one attached hydrogen (secondary N) is 1. The molecule has 36 heavy (non-hydrogen) atoms. The highest BCUT2D eigenvalue weighted by atomic mass is 35.5. The molecule has 2 aliphatic heterocycles. The van der Waals surface area contributed by atoms with Crippen LogP contribution in [-0.2, 0) is 11.0 Å². The molecule has 1 fully saturated rings. The average Bonchev–Trinajstić information content (AvgIpc) is 3.47. The fraction of sp³-hybridized carbons (Fsp3) is 0.280. The summed E-state index contributed by atoms with van der Waals surface area (Å²) in [4.78, 5) is 15.7. The Balaban J connectivity index is 1.61. The Labute approximate surface area is 214 Å². The molecule has 1 amide bonds.